The van der Waals surface area contributed by atoms with Crippen molar-refractivity contribution in [3.05, 3.63) is 34.6 Å². The van der Waals surface area contributed by atoms with Gasteiger partial charge in [-0.3, -0.25) is 10.1 Å². The molecule has 0 heterocycles. The topological polar surface area (TPSA) is 62.6 Å². The number of nitrogens with one attached hydrogen (secondary N) is 3. The lowest BCUT2D eigenvalue weighted by Crippen LogP contribution is -3.09. The summed E-state index contributed by atoms with van der Waals surface area (Å²) in [7, 11) is 1.78. The van der Waals surface area contributed by atoms with Crippen LogP contribution in [0.5, 0.6) is 0 Å². The van der Waals surface area contributed by atoms with E-state index in [0.717, 1.165) is 41.9 Å². The monoisotopic (exact) mass is 408 g/mol. The highest BCUT2D eigenvalue weighted by Crippen LogP contribution is 2.55. The Morgan fingerprint density at radius 1 is 1.18 bits per heavy atom. The van der Waals surface area contributed by atoms with E-state index in [2.05, 4.69) is 10.6 Å². The van der Waals surface area contributed by atoms with Crippen LogP contribution in [0.25, 0.3) is 0 Å². The Labute approximate surface area is 170 Å². The molecule has 0 aromatic heterocycles. The molecule has 3 N–H and O–H groups in total. The van der Waals surface area contributed by atoms with Crippen LogP contribution < -0.4 is 15.5 Å². The van der Waals surface area contributed by atoms with Gasteiger partial charge in [0.15, 0.2) is 6.54 Å². The van der Waals surface area contributed by atoms with E-state index in [9.17, 15) is 14.0 Å². The minimum atomic E-state index is -0.399. The van der Waals surface area contributed by atoms with E-state index in [1.165, 1.54) is 25.3 Å². The molecule has 4 aliphatic carbocycles. The zero-order valence-electron chi connectivity index (χ0n) is 16.2. The third kappa shape index (κ3) is 4.18. The lowest BCUT2D eigenvalue weighted by atomic mass is 9.53. The van der Waals surface area contributed by atoms with E-state index in [-0.39, 0.29) is 30.4 Å². The van der Waals surface area contributed by atoms with Gasteiger partial charge in [0.25, 0.3) is 5.91 Å². The molecule has 5 rings (SSSR count). The van der Waals surface area contributed by atoms with E-state index >= 15 is 0 Å². The molecule has 1 aromatic carbocycles. The standard InChI is InChI=1S/C21H27ClFN3O2/c1-26(11-16-17(22)3-2-4-18(16)23)12-19(27)24-20(28)25-21-8-13-5-14(9-21)7-15(6-13)10-21/h2-4,13-15H,5-12H2,1H3,(H2,24,25,27,28)/p+1. The Hall–Kier alpha value is -1.66. The summed E-state index contributed by atoms with van der Waals surface area (Å²) in [5.74, 6) is 1.43. The van der Waals surface area contributed by atoms with Gasteiger partial charge in [0, 0.05) is 5.54 Å². The number of imide groups is 1. The molecule has 4 saturated carbocycles. The quantitative estimate of drug-likeness (QED) is 0.700. The van der Waals surface area contributed by atoms with Crippen LogP contribution in [0.3, 0.4) is 0 Å². The van der Waals surface area contributed by atoms with Gasteiger partial charge >= 0.3 is 6.03 Å². The Kier molecular flexibility index (Phi) is 5.36. The summed E-state index contributed by atoms with van der Waals surface area (Å²) in [6.45, 7) is 0.342. The number of carbonyl (C=O) groups is 2. The fourth-order valence-corrected chi connectivity index (χ4v) is 6.28. The van der Waals surface area contributed by atoms with Gasteiger partial charge in [-0.2, -0.15) is 0 Å². The molecule has 0 spiro atoms. The van der Waals surface area contributed by atoms with Crippen molar-refractivity contribution in [1.29, 1.82) is 0 Å². The number of hydrogen-bond donors (Lipinski definition) is 3. The third-order valence-electron chi connectivity index (χ3n) is 6.67. The molecule has 5 nitrogen and oxygen atoms in total. The molecule has 4 bridgehead atoms. The van der Waals surface area contributed by atoms with E-state index in [4.69, 9.17) is 11.6 Å². The first-order valence-electron chi connectivity index (χ1n) is 10.2. The zero-order valence-corrected chi connectivity index (χ0v) is 16.9. The molecule has 0 saturated heterocycles. The second-order valence-electron chi connectivity index (χ2n) is 9.21. The number of quaternary nitrogens is 1. The minimum Gasteiger partial charge on any atom is -0.332 e. The highest BCUT2D eigenvalue weighted by molar-refractivity contribution is 6.31. The molecule has 1 unspecified atom stereocenters. The second-order valence-corrected chi connectivity index (χ2v) is 9.62. The molecule has 7 heteroatoms. The fraction of sp³-hybridized carbons (Fsp3) is 0.619. The first kappa shape index (κ1) is 19.6. The van der Waals surface area contributed by atoms with Gasteiger partial charge in [-0.05, 0) is 68.4 Å². The molecular weight excluding hydrogens is 381 g/mol. The lowest BCUT2D eigenvalue weighted by Gasteiger charge is -2.56. The maximum Gasteiger partial charge on any atom is 0.322 e. The largest absolute Gasteiger partial charge is 0.332 e. The predicted molar refractivity (Wildman–Crippen MR) is 104 cm³/mol. The highest BCUT2D eigenvalue weighted by Gasteiger charge is 2.51. The molecule has 28 heavy (non-hydrogen) atoms. The fourth-order valence-electron chi connectivity index (χ4n) is 6.05. The number of likely N-dealkylation sites (N-methyl/N-ethyl adjacent to an activating group) is 1. The van der Waals surface area contributed by atoms with Gasteiger partial charge in [0.1, 0.15) is 12.4 Å². The van der Waals surface area contributed by atoms with Gasteiger partial charge in [-0.1, -0.05) is 17.7 Å². The van der Waals surface area contributed by atoms with Crippen LogP contribution >= 0.6 is 11.6 Å². The first-order chi connectivity index (χ1) is 13.3. The molecule has 0 radical (unpaired) electrons. The molecule has 0 aliphatic heterocycles. The Morgan fingerprint density at radius 2 is 1.79 bits per heavy atom. The summed E-state index contributed by atoms with van der Waals surface area (Å²) in [6.07, 6.45) is 7.02. The summed E-state index contributed by atoms with van der Waals surface area (Å²) in [5, 5.41) is 5.95. The minimum absolute atomic E-state index is 0.0684. The van der Waals surface area contributed by atoms with Crippen molar-refractivity contribution < 1.29 is 18.9 Å². The number of rotatable bonds is 5. The summed E-state index contributed by atoms with van der Waals surface area (Å²) < 4.78 is 13.9. The van der Waals surface area contributed by atoms with Crippen LogP contribution in [-0.4, -0.2) is 31.1 Å². The number of hydrogen-bond acceptors (Lipinski definition) is 2. The normalized spacial score (nSPS) is 31.5. The van der Waals surface area contributed by atoms with Crippen LogP contribution in [0.4, 0.5) is 9.18 Å². The number of carbonyl (C=O) groups excluding carboxylic acids is 2. The van der Waals surface area contributed by atoms with Gasteiger partial charge in [-0.25, -0.2) is 9.18 Å². The van der Waals surface area contributed by atoms with Crippen molar-refractivity contribution in [3.8, 4) is 0 Å². The number of amides is 3. The van der Waals surface area contributed by atoms with Crippen molar-refractivity contribution in [2.75, 3.05) is 13.6 Å². The molecule has 3 amide bonds. The van der Waals surface area contributed by atoms with Gasteiger partial charge in [0.2, 0.25) is 0 Å². The predicted octanol–water partition coefficient (Wildman–Crippen LogP) is 2.29. The van der Waals surface area contributed by atoms with Crippen molar-refractivity contribution in [2.45, 2.75) is 50.6 Å². The average Bonchev–Trinajstić information content (AvgIpc) is 2.56. The molecule has 152 valence electrons. The summed E-state index contributed by atoms with van der Waals surface area (Å²) in [4.78, 5) is 25.5. The Bertz CT molecular complexity index is 729. The van der Waals surface area contributed by atoms with Crippen LogP contribution in [0.1, 0.15) is 44.1 Å². The Morgan fingerprint density at radius 3 is 2.36 bits per heavy atom. The lowest BCUT2D eigenvalue weighted by molar-refractivity contribution is -0.885. The Balaban J connectivity index is 1.28. The zero-order chi connectivity index (χ0) is 19.9. The summed E-state index contributed by atoms with van der Waals surface area (Å²) >= 11 is 6.05. The molecule has 1 atom stereocenters. The number of urea groups is 1. The average molecular weight is 409 g/mol. The highest BCUT2D eigenvalue weighted by atomic mass is 35.5. The number of benzene rings is 1. The maximum absolute atomic E-state index is 13.9. The smallest absolute Gasteiger partial charge is 0.322 e. The van der Waals surface area contributed by atoms with E-state index < -0.39 is 6.03 Å². The van der Waals surface area contributed by atoms with E-state index in [1.54, 1.807) is 19.2 Å². The maximum atomic E-state index is 13.9. The SMILES string of the molecule is C[NH+](CC(=O)NC(=O)NC12CC3CC(CC(C3)C1)C2)Cc1c(F)cccc1Cl. The first-order valence-corrected chi connectivity index (χ1v) is 10.6. The van der Waals surface area contributed by atoms with Gasteiger partial charge in [-0.15, -0.1) is 0 Å². The molecular formula is C21H28ClFN3O2+. The third-order valence-corrected chi connectivity index (χ3v) is 7.03. The van der Waals surface area contributed by atoms with Gasteiger partial charge in [0.05, 0.1) is 17.6 Å². The molecule has 4 aliphatic rings. The second kappa shape index (κ2) is 7.64. The van der Waals surface area contributed by atoms with E-state index in [1.807, 2.05) is 0 Å². The van der Waals surface area contributed by atoms with Crippen LogP contribution in [-0.2, 0) is 11.3 Å². The van der Waals surface area contributed by atoms with Crippen LogP contribution in [0, 0.1) is 23.6 Å². The van der Waals surface area contributed by atoms with Gasteiger partial charge < -0.3 is 10.2 Å². The van der Waals surface area contributed by atoms with Crippen molar-refractivity contribution >= 4 is 23.5 Å². The van der Waals surface area contributed by atoms with Crippen molar-refractivity contribution in [3.63, 3.8) is 0 Å². The van der Waals surface area contributed by atoms with E-state index in [0.29, 0.717) is 10.6 Å². The summed E-state index contributed by atoms with van der Waals surface area (Å²) in [5.41, 5.74) is 0.256. The van der Waals surface area contributed by atoms with Crippen LogP contribution in [0.2, 0.25) is 5.02 Å². The molecule has 4 fully saturated rings. The van der Waals surface area contributed by atoms with Crippen molar-refractivity contribution in [2.24, 2.45) is 17.8 Å². The van der Waals surface area contributed by atoms with Crippen LogP contribution in [0.15, 0.2) is 18.2 Å². The van der Waals surface area contributed by atoms with Crippen molar-refractivity contribution in [1.82, 2.24) is 10.6 Å². The number of halogens is 2. The molecule has 1 aromatic rings. The summed E-state index contributed by atoms with van der Waals surface area (Å²) in [6, 6.07) is 4.14.